The van der Waals surface area contributed by atoms with Crippen molar-refractivity contribution < 1.29 is 14.3 Å². The summed E-state index contributed by atoms with van der Waals surface area (Å²) in [6, 6.07) is 5.69. The fourth-order valence-corrected chi connectivity index (χ4v) is 1.34. The van der Waals surface area contributed by atoms with Crippen LogP contribution in [0.1, 0.15) is 12.0 Å². The van der Waals surface area contributed by atoms with Crippen molar-refractivity contribution in [2.75, 3.05) is 0 Å². The first-order valence-electron chi connectivity index (χ1n) is 4.18. The zero-order valence-electron chi connectivity index (χ0n) is 7.32. The number of para-hydroxylation sites is 1. The third kappa shape index (κ3) is 1.37. The Hall–Kier alpha value is -1.51. The van der Waals surface area contributed by atoms with Gasteiger partial charge in [-0.25, -0.2) is 0 Å². The van der Waals surface area contributed by atoms with Crippen molar-refractivity contribution in [1.82, 2.24) is 0 Å². The van der Waals surface area contributed by atoms with E-state index in [-0.39, 0.29) is 6.42 Å². The van der Waals surface area contributed by atoms with E-state index >= 15 is 0 Å². The molecule has 0 saturated carbocycles. The number of aldehydes is 1. The van der Waals surface area contributed by atoms with Crippen molar-refractivity contribution in [2.24, 2.45) is 0 Å². The lowest BCUT2D eigenvalue weighted by Crippen LogP contribution is -2.17. The quantitative estimate of drug-likeness (QED) is 0.646. The first kappa shape index (κ1) is 8.10. The highest BCUT2D eigenvalue weighted by Crippen LogP contribution is 2.37. The number of ether oxygens (including phenoxy) is 2. The van der Waals surface area contributed by atoms with Gasteiger partial charge in [-0.05, 0) is 18.6 Å². The number of benzene rings is 1. The second-order valence-electron chi connectivity index (χ2n) is 2.97. The molecule has 13 heavy (non-hydrogen) atoms. The molecule has 1 aliphatic heterocycles. The molecule has 0 bridgehead atoms. The van der Waals surface area contributed by atoms with E-state index in [9.17, 15) is 4.79 Å². The molecule has 3 nitrogen and oxygen atoms in total. The van der Waals surface area contributed by atoms with Gasteiger partial charge in [0.25, 0.3) is 0 Å². The number of carbonyl (C=O) groups excluding carboxylic acids is 1. The van der Waals surface area contributed by atoms with Crippen LogP contribution in [0.15, 0.2) is 18.2 Å². The van der Waals surface area contributed by atoms with Crippen molar-refractivity contribution in [1.29, 1.82) is 0 Å². The standard InChI is InChI=1S/C10H10O3/c1-7-3-2-4-8-10(7)13-9(12-8)5-6-11/h2-4,6,9H,5H2,1H3. The molecule has 2 rings (SSSR count). The minimum absolute atomic E-state index is 0.272. The van der Waals surface area contributed by atoms with Gasteiger partial charge in [-0.3, -0.25) is 0 Å². The average molecular weight is 178 g/mol. The summed E-state index contributed by atoms with van der Waals surface area (Å²) < 4.78 is 10.8. The molecular weight excluding hydrogens is 168 g/mol. The van der Waals surface area contributed by atoms with Crippen molar-refractivity contribution in [3.05, 3.63) is 23.8 Å². The fraction of sp³-hybridized carbons (Fsp3) is 0.300. The maximum absolute atomic E-state index is 10.2. The number of rotatable bonds is 2. The zero-order chi connectivity index (χ0) is 9.26. The highest BCUT2D eigenvalue weighted by molar-refractivity contribution is 5.52. The Morgan fingerprint density at radius 2 is 2.31 bits per heavy atom. The number of hydrogen-bond donors (Lipinski definition) is 0. The van der Waals surface area contributed by atoms with Gasteiger partial charge in [0, 0.05) is 0 Å². The first-order valence-corrected chi connectivity index (χ1v) is 4.18. The van der Waals surface area contributed by atoms with E-state index in [4.69, 9.17) is 9.47 Å². The maximum Gasteiger partial charge on any atom is 0.248 e. The minimum atomic E-state index is -0.436. The van der Waals surface area contributed by atoms with Gasteiger partial charge in [0.15, 0.2) is 11.5 Å². The molecule has 1 aromatic rings. The van der Waals surface area contributed by atoms with Crippen molar-refractivity contribution in [3.63, 3.8) is 0 Å². The SMILES string of the molecule is Cc1cccc2c1OC(CC=O)O2. The molecule has 3 heteroatoms. The third-order valence-corrected chi connectivity index (χ3v) is 1.97. The predicted molar refractivity (Wildman–Crippen MR) is 46.9 cm³/mol. The molecule has 0 radical (unpaired) electrons. The van der Waals surface area contributed by atoms with Gasteiger partial charge < -0.3 is 14.3 Å². The summed E-state index contributed by atoms with van der Waals surface area (Å²) in [6.45, 7) is 1.95. The molecule has 0 saturated heterocycles. The Kier molecular flexibility index (Phi) is 1.93. The smallest absolute Gasteiger partial charge is 0.248 e. The van der Waals surface area contributed by atoms with E-state index < -0.39 is 6.29 Å². The normalized spacial score (nSPS) is 18.7. The second kappa shape index (κ2) is 3.09. The Bertz CT molecular complexity index is 333. The summed E-state index contributed by atoms with van der Waals surface area (Å²) in [7, 11) is 0. The Balaban J connectivity index is 2.24. The molecule has 1 atom stereocenters. The van der Waals surface area contributed by atoms with Gasteiger partial charge in [-0.15, -0.1) is 0 Å². The topological polar surface area (TPSA) is 35.5 Å². The molecule has 0 spiro atoms. The lowest BCUT2D eigenvalue weighted by atomic mass is 10.2. The Morgan fingerprint density at radius 1 is 1.46 bits per heavy atom. The van der Waals surface area contributed by atoms with E-state index in [1.165, 1.54) is 0 Å². The molecule has 1 unspecified atom stereocenters. The highest BCUT2D eigenvalue weighted by atomic mass is 16.7. The van der Waals surface area contributed by atoms with Crippen LogP contribution in [-0.2, 0) is 4.79 Å². The summed E-state index contributed by atoms with van der Waals surface area (Å²) in [5.41, 5.74) is 1.03. The molecule has 0 amide bonds. The molecule has 68 valence electrons. The molecule has 1 aromatic carbocycles. The van der Waals surface area contributed by atoms with E-state index in [1.807, 2.05) is 25.1 Å². The first-order chi connectivity index (χ1) is 6.31. The van der Waals surface area contributed by atoms with Crippen molar-refractivity contribution in [3.8, 4) is 11.5 Å². The molecule has 0 aliphatic carbocycles. The van der Waals surface area contributed by atoms with E-state index in [1.54, 1.807) is 0 Å². The largest absolute Gasteiger partial charge is 0.451 e. The summed E-state index contributed by atoms with van der Waals surface area (Å²) >= 11 is 0. The average Bonchev–Trinajstić information content (AvgIpc) is 2.49. The summed E-state index contributed by atoms with van der Waals surface area (Å²) in [5, 5.41) is 0. The third-order valence-electron chi connectivity index (χ3n) is 1.97. The van der Waals surface area contributed by atoms with E-state index in [2.05, 4.69) is 0 Å². The lowest BCUT2D eigenvalue weighted by molar-refractivity contribution is -0.111. The lowest BCUT2D eigenvalue weighted by Gasteiger charge is -2.04. The summed E-state index contributed by atoms with van der Waals surface area (Å²) in [4.78, 5) is 10.2. The summed E-state index contributed by atoms with van der Waals surface area (Å²) in [5.74, 6) is 1.49. The fourth-order valence-electron chi connectivity index (χ4n) is 1.34. The molecular formula is C10H10O3. The second-order valence-corrected chi connectivity index (χ2v) is 2.97. The molecule has 0 fully saturated rings. The zero-order valence-corrected chi connectivity index (χ0v) is 7.32. The van der Waals surface area contributed by atoms with E-state index in [0.717, 1.165) is 23.3 Å². The van der Waals surface area contributed by atoms with Gasteiger partial charge in [0.05, 0.1) is 6.42 Å². The predicted octanol–water partition coefficient (Wildman–Crippen LogP) is 1.68. The van der Waals surface area contributed by atoms with Crippen LogP contribution in [0.5, 0.6) is 11.5 Å². The number of aryl methyl sites for hydroxylation is 1. The van der Waals surface area contributed by atoms with Crippen molar-refractivity contribution >= 4 is 6.29 Å². The van der Waals surface area contributed by atoms with Crippen molar-refractivity contribution in [2.45, 2.75) is 19.6 Å². The van der Waals surface area contributed by atoms with Gasteiger partial charge >= 0.3 is 0 Å². The van der Waals surface area contributed by atoms with Crippen LogP contribution in [0, 0.1) is 6.92 Å². The van der Waals surface area contributed by atoms with Gasteiger partial charge in [0.1, 0.15) is 6.29 Å². The molecule has 0 N–H and O–H groups in total. The Morgan fingerprint density at radius 3 is 3.00 bits per heavy atom. The summed E-state index contributed by atoms with van der Waals surface area (Å²) in [6.07, 6.45) is 0.633. The van der Waals surface area contributed by atoms with Crippen LogP contribution in [-0.4, -0.2) is 12.6 Å². The highest BCUT2D eigenvalue weighted by Gasteiger charge is 2.24. The number of hydrogen-bond acceptors (Lipinski definition) is 3. The molecule has 1 heterocycles. The Labute approximate surface area is 76.3 Å². The van der Waals surface area contributed by atoms with Crippen LogP contribution >= 0.6 is 0 Å². The van der Waals surface area contributed by atoms with Crippen LogP contribution < -0.4 is 9.47 Å². The molecule has 1 aliphatic rings. The van der Waals surface area contributed by atoms with Gasteiger partial charge in [-0.2, -0.15) is 0 Å². The van der Waals surface area contributed by atoms with Crippen LogP contribution in [0.4, 0.5) is 0 Å². The van der Waals surface area contributed by atoms with Gasteiger partial charge in [-0.1, -0.05) is 12.1 Å². The number of fused-ring (bicyclic) bond motifs is 1. The van der Waals surface area contributed by atoms with Crippen LogP contribution in [0.2, 0.25) is 0 Å². The van der Waals surface area contributed by atoms with Crippen LogP contribution in [0.25, 0.3) is 0 Å². The molecule has 0 aromatic heterocycles. The number of carbonyl (C=O) groups is 1. The van der Waals surface area contributed by atoms with Crippen LogP contribution in [0.3, 0.4) is 0 Å². The van der Waals surface area contributed by atoms with E-state index in [0.29, 0.717) is 0 Å². The monoisotopic (exact) mass is 178 g/mol. The van der Waals surface area contributed by atoms with Gasteiger partial charge in [0.2, 0.25) is 6.29 Å². The minimum Gasteiger partial charge on any atom is -0.451 e. The maximum atomic E-state index is 10.2.